The summed E-state index contributed by atoms with van der Waals surface area (Å²) in [6.07, 6.45) is 9.10. The van der Waals surface area contributed by atoms with E-state index in [1.165, 1.54) is 0 Å². The van der Waals surface area contributed by atoms with Gasteiger partial charge in [0.2, 0.25) is 0 Å². The lowest BCUT2D eigenvalue weighted by Gasteiger charge is -2.05. The Kier molecular flexibility index (Phi) is 5.57. The highest BCUT2D eigenvalue weighted by atomic mass is 15.1. The first-order chi connectivity index (χ1) is 9.84. The summed E-state index contributed by atoms with van der Waals surface area (Å²) in [6.45, 7) is 2.36. The van der Waals surface area contributed by atoms with Crippen LogP contribution in [-0.2, 0) is 13.0 Å². The fourth-order valence-corrected chi connectivity index (χ4v) is 1.79. The molecule has 0 aliphatic heterocycles. The summed E-state index contributed by atoms with van der Waals surface area (Å²) in [6, 6.07) is 5.89. The van der Waals surface area contributed by atoms with Crippen LogP contribution in [0.2, 0.25) is 0 Å². The van der Waals surface area contributed by atoms with Crippen molar-refractivity contribution >= 4 is 5.96 Å². The lowest BCUT2D eigenvalue weighted by atomic mass is 10.3. The number of aliphatic imine (C=N–C) groups is 1. The average Bonchev–Trinajstić information content (AvgIpc) is 2.98. The quantitative estimate of drug-likeness (QED) is 0.444. The molecule has 0 amide bonds. The van der Waals surface area contributed by atoms with Crippen molar-refractivity contribution in [3.63, 3.8) is 0 Å². The van der Waals surface area contributed by atoms with Crippen molar-refractivity contribution in [2.75, 3.05) is 13.1 Å². The highest BCUT2D eigenvalue weighted by Gasteiger charge is 1.95. The Morgan fingerprint density at radius 2 is 2.30 bits per heavy atom. The smallest absolute Gasteiger partial charge is 0.188 e. The van der Waals surface area contributed by atoms with Crippen molar-refractivity contribution in [3.8, 4) is 0 Å². The van der Waals surface area contributed by atoms with Gasteiger partial charge in [-0.3, -0.25) is 9.98 Å². The zero-order valence-corrected chi connectivity index (χ0v) is 11.4. The molecule has 0 aromatic carbocycles. The van der Waals surface area contributed by atoms with Crippen LogP contribution >= 0.6 is 0 Å². The molecule has 0 aliphatic rings. The van der Waals surface area contributed by atoms with Gasteiger partial charge in [0.05, 0.1) is 6.33 Å². The van der Waals surface area contributed by atoms with E-state index in [0.717, 1.165) is 31.6 Å². The van der Waals surface area contributed by atoms with E-state index in [0.29, 0.717) is 12.5 Å². The number of imidazole rings is 1. The molecule has 2 aromatic rings. The molecule has 20 heavy (non-hydrogen) atoms. The number of hydrogen-bond acceptors (Lipinski definition) is 3. The van der Waals surface area contributed by atoms with Crippen LogP contribution in [0.1, 0.15) is 12.1 Å². The number of nitrogens with one attached hydrogen (secondary N) is 1. The lowest BCUT2D eigenvalue weighted by Crippen LogP contribution is -2.33. The van der Waals surface area contributed by atoms with Crippen LogP contribution in [0.5, 0.6) is 0 Å². The summed E-state index contributed by atoms with van der Waals surface area (Å²) in [5.74, 6) is 0.492. The minimum Gasteiger partial charge on any atom is -0.370 e. The van der Waals surface area contributed by atoms with E-state index in [4.69, 9.17) is 5.73 Å². The fraction of sp³-hybridized carbons (Fsp3) is 0.357. The van der Waals surface area contributed by atoms with Crippen LogP contribution in [-0.4, -0.2) is 33.6 Å². The van der Waals surface area contributed by atoms with Crippen LogP contribution in [0.25, 0.3) is 0 Å². The van der Waals surface area contributed by atoms with E-state index < -0.39 is 0 Å². The highest BCUT2D eigenvalue weighted by molar-refractivity contribution is 5.77. The molecule has 0 spiro atoms. The molecule has 2 aromatic heterocycles. The predicted molar refractivity (Wildman–Crippen MR) is 79.3 cm³/mol. The number of pyridine rings is 1. The molecule has 0 atom stereocenters. The Bertz CT molecular complexity index is 506. The first-order valence-electron chi connectivity index (χ1n) is 6.74. The van der Waals surface area contributed by atoms with Gasteiger partial charge in [-0.05, 0) is 18.6 Å². The third-order valence-corrected chi connectivity index (χ3v) is 2.83. The van der Waals surface area contributed by atoms with Gasteiger partial charge in [-0.15, -0.1) is 0 Å². The van der Waals surface area contributed by atoms with Crippen molar-refractivity contribution in [2.45, 2.75) is 19.4 Å². The Morgan fingerprint density at radius 3 is 3.05 bits per heavy atom. The van der Waals surface area contributed by atoms with Crippen molar-refractivity contribution < 1.29 is 0 Å². The van der Waals surface area contributed by atoms with E-state index >= 15 is 0 Å². The number of guanidine groups is 1. The maximum atomic E-state index is 5.80. The van der Waals surface area contributed by atoms with Gasteiger partial charge in [-0.2, -0.15) is 0 Å². The largest absolute Gasteiger partial charge is 0.370 e. The third-order valence-electron chi connectivity index (χ3n) is 2.83. The lowest BCUT2D eigenvalue weighted by molar-refractivity contribution is 0.649. The summed E-state index contributed by atoms with van der Waals surface area (Å²) >= 11 is 0. The van der Waals surface area contributed by atoms with Crippen molar-refractivity contribution in [1.29, 1.82) is 0 Å². The van der Waals surface area contributed by atoms with Crippen LogP contribution in [0.4, 0.5) is 0 Å². The van der Waals surface area contributed by atoms with Gasteiger partial charge in [0.1, 0.15) is 0 Å². The van der Waals surface area contributed by atoms with Crippen LogP contribution in [0, 0.1) is 0 Å². The Labute approximate surface area is 118 Å². The molecular formula is C14H20N6. The molecular weight excluding hydrogens is 252 g/mol. The molecule has 0 radical (unpaired) electrons. The SMILES string of the molecule is NC(=NCCCn1ccnc1)NCCc1ccccn1. The van der Waals surface area contributed by atoms with E-state index in [-0.39, 0.29) is 0 Å². The maximum absolute atomic E-state index is 5.80. The van der Waals surface area contributed by atoms with Crippen molar-refractivity contribution in [2.24, 2.45) is 10.7 Å². The molecule has 0 aliphatic carbocycles. The van der Waals surface area contributed by atoms with Crippen LogP contribution in [0.15, 0.2) is 48.1 Å². The molecule has 0 bridgehead atoms. The minimum atomic E-state index is 0.492. The second-order valence-corrected chi connectivity index (χ2v) is 4.42. The molecule has 0 saturated carbocycles. The van der Waals surface area contributed by atoms with Gasteiger partial charge in [0.15, 0.2) is 5.96 Å². The first kappa shape index (κ1) is 14.0. The zero-order chi connectivity index (χ0) is 14.0. The molecule has 3 N–H and O–H groups in total. The second kappa shape index (κ2) is 7.93. The molecule has 2 rings (SSSR count). The first-order valence-corrected chi connectivity index (χ1v) is 6.74. The van der Waals surface area contributed by atoms with E-state index in [1.54, 1.807) is 18.7 Å². The molecule has 0 fully saturated rings. The number of aromatic nitrogens is 3. The number of hydrogen-bond donors (Lipinski definition) is 2. The molecule has 2 heterocycles. The highest BCUT2D eigenvalue weighted by Crippen LogP contribution is 1.93. The van der Waals surface area contributed by atoms with Crippen LogP contribution < -0.4 is 11.1 Å². The maximum Gasteiger partial charge on any atom is 0.188 e. The summed E-state index contributed by atoms with van der Waals surface area (Å²) in [4.78, 5) is 12.5. The monoisotopic (exact) mass is 272 g/mol. The fourth-order valence-electron chi connectivity index (χ4n) is 1.79. The van der Waals surface area contributed by atoms with Gasteiger partial charge in [-0.1, -0.05) is 6.07 Å². The van der Waals surface area contributed by atoms with E-state index in [2.05, 4.69) is 20.3 Å². The summed E-state index contributed by atoms with van der Waals surface area (Å²) in [5.41, 5.74) is 6.85. The Morgan fingerprint density at radius 1 is 1.35 bits per heavy atom. The normalized spacial score (nSPS) is 11.5. The van der Waals surface area contributed by atoms with Gasteiger partial charge in [-0.25, -0.2) is 4.98 Å². The van der Waals surface area contributed by atoms with Gasteiger partial charge in [0.25, 0.3) is 0 Å². The Hall–Kier alpha value is -2.37. The van der Waals surface area contributed by atoms with Crippen molar-refractivity contribution in [3.05, 3.63) is 48.8 Å². The van der Waals surface area contributed by atoms with Gasteiger partial charge >= 0.3 is 0 Å². The summed E-state index contributed by atoms with van der Waals surface area (Å²) in [7, 11) is 0. The average molecular weight is 272 g/mol. The standard InChI is InChI=1S/C14H20N6/c15-14(18-7-3-10-20-11-9-16-12-20)19-8-5-13-4-1-2-6-17-13/h1-2,4,6,9,11-12H,3,5,7-8,10H2,(H3,15,18,19). The van der Waals surface area contributed by atoms with E-state index in [9.17, 15) is 0 Å². The number of aryl methyl sites for hydroxylation is 1. The molecule has 0 unspecified atom stereocenters. The van der Waals surface area contributed by atoms with E-state index in [1.807, 2.05) is 29.0 Å². The van der Waals surface area contributed by atoms with Gasteiger partial charge < -0.3 is 15.6 Å². The Balaban J connectivity index is 1.59. The topological polar surface area (TPSA) is 81.1 Å². The predicted octanol–water partition coefficient (Wildman–Crippen LogP) is 0.815. The van der Waals surface area contributed by atoms with Crippen LogP contribution in [0.3, 0.4) is 0 Å². The molecule has 0 saturated heterocycles. The van der Waals surface area contributed by atoms with Crippen molar-refractivity contribution in [1.82, 2.24) is 19.9 Å². The summed E-state index contributed by atoms with van der Waals surface area (Å²) < 4.78 is 2.03. The zero-order valence-electron chi connectivity index (χ0n) is 11.4. The molecule has 6 heteroatoms. The summed E-state index contributed by atoms with van der Waals surface area (Å²) in [5, 5.41) is 3.09. The van der Waals surface area contributed by atoms with Gasteiger partial charge in [0, 0.05) is 50.3 Å². The molecule has 6 nitrogen and oxygen atoms in total. The molecule has 106 valence electrons. The number of nitrogens with zero attached hydrogens (tertiary/aromatic N) is 4. The second-order valence-electron chi connectivity index (χ2n) is 4.42. The third kappa shape index (κ3) is 5.09. The number of rotatable bonds is 7. The minimum absolute atomic E-state index is 0.492. The number of nitrogens with two attached hydrogens (primary N) is 1.